The summed E-state index contributed by atoms with van der Waals surface area (Å²) in [6.45, 7) is 2.82. The predicted molar refractivity (Wildman–Crippen MR) is 120 cm³/mol. The first-order valence-corrected chi connectivity index (χ1v) is 11.3. The number of pyridine rings is 1. The van der Waals surface area contributed by atoms with Gasteiger partial charge >= 0.3 is 6.18 Å². The molecule has 0 spiro atoms. The van der Waals surface area contributed by atoms with Gasteiger partial charge in [0.1, 0.15) is 5.82 Å². The van der Waals surface area contributed by atoms with Gasteiger partial charge in [0, 0.05) is 51.0 Å². The first-order chi connectivity index (χ1) is 16.8. The van der Waals surface area contributed by atoms with Gasteiger partial charge in [0.05, 0.1) is 5.56 Å². The van der Waals surface area contributed by atoms with Gasteiger partial charge in [0.2, 0.25) is 11.9 Å². The monoisotopic (exact) mass is 491 g/mol. The summed E-state index contributed by atoms with van der Waals surface area (Å²) in [6.07, 6.45) is -1.17. The quantitative estimate of drug-likeness (QED) is 0.508. The number of hydrogen-bond acceptors (Lipinski definition) is 7. The van der Waals surface area contributed by atoms with Gasteiger partial charge in [-0.25, -0.2) is 13.8 Å². The maximum Gasteiger partial charge on any atom is 0.419 e. The molecule has 4 heterocycles. The molecule has 0 saturated carbocycles. The average Bonchev–Trinajstić information content (AvgIpc) is 3.40. The van der Waals surface area contributed by atoms with E-state index in [0.717, 1.165) is 44.1 Å². The lowest BCUT2D eigenvalue weighted by Gasteiger charge is -2.36. The van der Waals surface area contributed by atoms with E-state index in [1.54, 1.807) is 4.90 Å². The van der Waals surface area contributed by atoms with Crippen molar-refractivity contribution in [3.63, 3.8) is 0 Å². The molecular formula is C23H22F5N7. The molecule has 35 heavy (non-hydrogen) atoms. The molecule has 2 saturated heterocycles. The van der Waals surface area contributed by atoms with Crippen molar-refractivity contribution in [1.82, 2.24) is 19.9 Å². The Morgan fingerprint density at radius 1 is 0.714 bits per heavy atom. The molecule has 0 radical (unpaired) electrons. The summed E-state index contributed by atoms with van der Waals surface area (Å²) >= 11 is 0. The lowest BCUT2D eigenvalue weighted by molar-refractivity contribution is -0.137. The van der Waals surface area contributed by atoms with Crippen LogP contribution in [0.2, 0.25) is 0 Å². The predicted octanol–water partition coefficient (Wildman–Crippen LogP) is 4.16. The van der Waals surface area contributed by atoms with Crippen molar-refractivity contribution in [3.05, 3.63) is 53.7 Å². The van der Waals surface area contributed by atoms with Gasteiger partial charge in [-0.15, -0.1) is 0 Å². The second kappa shape index (κ2) is 9.23. The van der Waals surface area contributed by atoms with Crippen LogP contribution in [0.5, 0.6) is 0 Å². The lowest BCUT2D eigenvalue weighted by Crippen LogP contribution is -2.48. The molecule has 0 amide bonds. The zero-order chi connectivity index (χ0) is 24.6. The summed E-state index contributed by atoms with van der Waals surface area (Å²) in [7, 11) is 0. The van der Waals surface area contributed by atoms with Crippen molar-refractivity contribution in [2.75, 3.05) is 54.0 Å². The van der Waals surface area contributed by atoms with Crippen LogP contribution >= 0.6 is 0 Å². The highest BCUT2D eigenvalue weighted by molar-refractivity contribution is 5.59. The van der Waals surface area contributed by atoms with Crippen LogP contribution in [0.4, 0.5) is 39.7 Å². The van der Waals surface area contributed by atoms with Gasteiger partial charge in [-0.2, -0.15) is 28.1 Å². The van der Waals surface area contributed by atoms with Crippen molar-refractivity contribution in [1.29, 1.82) is 0 Å². The van der Waals surface area contributed by atoms with Crippen LogP contribution in [0.1, 0.15) is 18.4 Å². The Morgan fingerprint density at radius 2 is 1.34 bits per heavy atom. The SMILES string of the molecule is Fc1ccc(-c2nc(N3CCCC3)nc(N3CCN(c4ncccc4C(F)(F)F)CC3)n2)cc1F. The molecule has 0 N–H and O–H groups in total. The van der Waals surface area contributed by atoms with Crippen molar-refractivity contribution in [2.45, 2.75) is 19.0 Å². The number of halogens is 5. The van der Waals surface area contributed by atoms with Crippen LogP contribution in [0.3, 0.4) is 0 Å². The molecule has 2 aliphatic heterocycles. The molecule has 1 aromatic carbocycles. The molecule has 5 rings (SSSR count). The number of nitrogens with zero attached hydrogens (tertiary/aromatic N) is 7. The van der Waals surface area contributed by atoms with E-state index >= 15 is 0 Å². The van der Waals surface area contributed by atoms with E-state index in [1.807, 2.05) is 9.80 Å². The third-order valence-corrected chi connectivity index (χ3v) is 6.13. The zero-order valence-electron chi connectivity index (χ0n) is 18.6. The summed E-state index contributed by atoms with van der Waals surface area (Å²) < 4.78 is 67.7. The Hall–Kier alpha value is -3.57. The molecule has 12 heteroatoms. The number of hydrogen-bond donors (Lipinski definition) is 0. The second-order valence-electron chi connectivity index (χ2n) is 8.43. The number of aromatic nitrogens is 4. The summed E-state index contributed by atoms with van der Waals surface area (Å²) in [4.78, 5) is 23.0. The van der Waals surface area contributed by atoms with Crippen molar-refractivity contribution in [2.24, 2.45) is 0 Å². The van der Waals surface area contributed by atoms with Gasteiger partial charge in [0.25, 0.3) is 0 Å². The third-order valence-electron chi connectivity index (χ3n) is 6.13. The summed E-state index contributed by atoms with van der Waals surface area (Å²) in [5, 5.41) is 0. The lowest BCUT2D eigenvalue weighted by atomic mass is 10.2. The van der Waals surface area contributed by atoms with Crippen LogP contribution < -0.4 is 14.7 Å². The fraction of sp³-hybridized carbons (Fsp3) is 0.391. The highest BCUT2D eigenvalue weighted by atomic mass is 19.4. The Labute approximate surface area is 198 Å². The van der Waals surface area contributed by atoms with Crippen molar-refractivity contribution < 1.29 is 22.0 Å². The zero-order valence-corrected chi connectivity index (χ0v) is 18.6. The molecule has 0 atom stereocenters. The van der Waals surface area contributed by atoms with E-state index in [4.69, 9.17) is 0 Å². The van der Waals surface area contributed by atoms with E-state index in [-0.39, 0.29) is 24.7 Å². The average molecular weight is 491 g/mol. The van der Waals surface area contributed by atoms with Crippen LogP contribution in [-0.2, 0) is 6.18 Å². The van der Waals surface area contributed by atoms with Crippen LogP contribution in [0.25, 0.3) is 11.4 Å². The summed E-state index contributed by atoms with van der Waals surface area (Å²) in [5.41, 5.74) is -0.458. The summed E-state index contributed by atoms with van der Waals surface area (Å²) in [5.74, 6) is -1.07. The van der Waals surface area contributed by atoms with Crippen LogP contribution in [-0.4, -0.2) is 59.2 Å². The Bertz CT molecular complexity index is 1210. The standard InChI is InChI=1S/C23H22F5N7/c24-17-6-5-15(14-18(17)25)19-30-21(34-8-1-2-9-34)32-22(31-19)35-12-10-33(11-13-35)20-16(23(26,27)28)4-3-7-29-20/h3-7,14H,1-2,8-13H2. The second-order valence-corrected chi connectivity index (χ2v) is 8.43. The van der Waals surface area contributed by atoms with E-state index in [2.05, 4.69) is 19.9 Å². The normalized spacial score (nSPS) is 16.8. The molecule has 0 aliphatic carbocycles. The number of anilines is 3. The highest BCUT2D eigenvalue weighted by Crippen LogP contribution is 2.35. The fourth-order valence-corrected chi connectivity index (χ4v) is 4.31. The Balaban J connectivity index is 1.42. The highest BCUT2D eigenvalue weighted by Gasteiger charge is 2.36. The van der Waals surface area contributed by atoms with E-state index < -0.39 is 23.4 Å². The van der Waals surface area contributed by atoms with Gasteiger partial charge in [-0.05, 0) is 43.2 Å². The third kappa shape index (κ3) is 4.82. The largest absolute Gasteiger partial charge is 0.419 e. The summed E-state index contributed by atoms with van der Waals surface area (Å²) in [6, 6.07) is 5.76. The number of alkyl halides is 3. The maximum atomic E-state index is 13.9. The van der Waals surface area contributed by atoms with Gasteiger partial charge < -0.3 is 14.7 Å². The minimum absolute atomic E-state index is 0.101. The number of rotatable bonds is 4. The topological polar surface area (TPSA) is 61.3 Å². The fourth-order valence-electron chi connectivity index (χ4n) is 4.31. The Kier molecular flexibility index (Phi) is 6.12. The van der Waals surface area contributed by atoms with Crippen LogP contribution in [0.15, 0.2) is 36.5 Å². The molecule has 7 nitrogen and oxygen atoms in total. The molecule has 2 aromatic heterocycles. The van der Waals surface area contributed by atoms with Gasteiger partial charge in [0.15, 0.2) is 17.5 Å². The van der Waals surface area contributed by atoms with Crippen molar-refractivity contribution in [3.8, 4) is 11.4 Å². The van der Waals surface area contributed by atoms with Crippen LogP contribution in [0, 0.1) is 11.6 Å². The molecule has 2 fully saturated rings. The van der Waals surface area contributed by atoms with E-state index in [9.17, 15) is 22.0 Å². The van der Waals surface area contributed by atoms with E-state index in [0.29, 0.717) is 30.5 Å². The molecule has 0 bridgehead atoms. The minimum Gasteiger partial charge on any atom is -0.353 e. The van der Waals surface area contributed by atoms with Gasteiger partial charge in [-0.1, -0.05) is 0 Å². The molecule has 2 aliphatic rings. The van der Waals surface area contributed by atoms with E-state index in [1.165, 1.54) is 18.3 Å². The number of piperazine rings is 1. The molecule has 3 aromatic rings. The molecule has 0 unspecified atom stereocenters. The molecule has 184 valence electrons. The maximum absolute atomic E-state index is 13.9. The minimum atomic E-state index is -4.50. The van der Waals surface area contributed by atoms with Crippen molar-refractivity contribution >= 4 is 17.7 Å². The number of benzene rings is 1. The first-order valence-electron chi connectivity index (χ1n) is 11.3. The Morgan fingerprint density at radius 3 is 1.97 bits per heavy atom. The molecular weight excluding hydrogens is 469 g/mol. The smallest absolute Gasteiger partial charge is 0.353 e. The van der Waals surface area contributed by atoms with Gasteiger partial charge in [-0.3, -0.25) is 0 Å². The first kappa shape index (κ1) is 23.2.